The summed E-state index contributed by atoms with van der Waals surface area (Å²) in [4.78, 5) is 0. The van der Waals surface area contributed by atoms with Gasteiger partial charge < -0.3 is 15.2 Å². The Morgan fingerprint density at radius 3 is 2.76 bits per heavy atom. The molecule has 1 aliphatic carbocycles. The van der Waals surface area contributed by atoms with E-state index in [1.807, 2.05) is 0 Å². The lowest BCUT2D eigenvalue weighted by Gasteiger charge is -2.27. The van der Waals surface area contributed by atoms with Crippen molar-refractivity contribution in [2.24, 2.45) is 5.92 Å². The van der Waals surface area contributed by atoms with Gasteiger partial charge in [-0.05, 0) is 49.8 Å². The molecule has 1 aromatic rings. The minimum Gasteiger partial charge on any atom is -0.389 e. The van der Waals surface area contributed by atoms with Gasteiger partial charge in [0.1, 0.15) is 5.82 Å². The predicted molar refractivity (Wildman–Crippen MR) is 86.0 cm³/mol. The van der Waals surface area contributed by atoms with E-state index in [1.54, 1.807) is 12.1 Å². The Morgan fingerprint density at radius 2 is 2.10 bits per heavy atom. The van der Waals surface area contributed by atoms with Crippen molar-refractivity contribution in [3.8, 4) is 0 Å². The minimum absolute atomic E-state index is 0.264. The zero-order valence-corrected chi connectivity index (χ0v) is 13.9. The quantitative estimate of drug-likeness (QED) is 0.807. The van der Waals surface area contributed by atoms with Gasteiger partial charge in [-0.15, -0.1) is 0 Å². The van der Waals surface area contributed by atoms with Crippen LogP contribution < -0.4 is 5.32 Å². The molecule has 0 bridgehead atoms. The molecular formula is C16H23BrFNO2. The highest BCUT2D eigenvalue weighted by atomic mass is 79.9. The lowest BCUT2D eigenvalue weighted by atomic mass is 9.89. The number of anilines is 1. The number of aliphatic hydroxyl groups excluding tert-OH is 1. The summed E-state index contributed by atoms with van der Waals surface area (Å²) in [7, 11) is 0. The fraction of sp³-hybridized carbons (Fsp3) is 0.625. The van der Waals surface area contributed by atoms with Crippen LogP contribution in [0.15, 0.2) is 22.7 Å². The molecule has 1 aromatic carbocycles. The van der Waals surface area contributed by atoms with Gasteiger partial charge in [0.2, 0.25) is 0 Å². The van der Waals surface area contributed by atoms with Crippen LogP contribution in [0.2, 0.25) is 0 Å². The largest absolute Gasteiger partial charge is 0.389 e. The van der Waals surface area contributed by atoms with Crippen molar-refractivity contribution < 1.29 is 14.2 Å². The molecule has 2 N–H and O–H groups in total. The van der Waals surface area contributed by atoms with Crippen molar-refractivity contribution in [2.75, 3.05) is 18.5 Å². The van der Waals surface area contributed by atoms with E-state index in [4.69, 9.17) is 4.74 Å². The molecule has 118 valence electrons. The Labute approximate surface area is 134 Å². The zero-order valence-electron chi connectivity index (χ0n) is 12.3. The summed E-state index contributed by atoms with van der Waals surface area (Å²) in [6.45, 7) is 2.84. The summed E-state index contributed by atoms with van der Waals surface area (Å²) in [5.74, 6) is 0.454. The Morgan fingerprint density at radius 1 is 1.38 bits per heavy atom. The average Bonchev–Trinajstić information content (AvgIpc) is 2.46. The highest BCUT2D eigenvalue weighted by Gasteiger charge is 2.19. The Kier molecular flexibility index (Phi) is 6.45. The number of hydrogen-bond donors (Lipinski definition) is 2. The Bertz CT molecular complexity index is 450. The van der Waals surface area contributed by atoms with Gasteiger partial charge in [-0.2, -0.15) is 0 Å². The third-order valence-electron chi connectivity index (χ3n) is 3.95. The maximum absolute atomic E-state index is 13.6. The number of nitrogens with one attached hydrogen (secondary N) is 1. The number of halogens is 2. The minimum atomic E-state index is -0.632. The van der Waals surface area contributed by atoms with E-state index >= 15 is 0 Å². The van der Waals surface area contributed by atoms with Crippen LogP contribution in [-0.4, -0.2) is 30.5 Å². The molecule has 1 fully saturated rings. The Balaban J connectivity index is 1.68. The van der Waals surface area contributed by atoms with Gasteiger partial charge in [0.15, 0.2) is 0 Å². The third kappa shape index (κ3) is 5.57. The smallest absolute Gasteiger partial charge is 0.147 e. The number of rotatable bonds is 6. The number of aliphatic hydroxyl groups is 1. The van der Waals surface area contributed by atoms with Crippen molar-refractivity contribution in [2.45, 2.75) is 44.8 Å². The normalized spacial score (nSPS) is 23.8. The topological polar surface area (TPSA) is 41.5 Å². The maximum atomic E-state index is 13.6. The summed E-state index contributed by atoms with van der Waals surface area (Å²) in [5, 5.41) is 12.8. The molecule has 0 spiro atoms. The van der Waals surface area contributed by atoms with E-state index in [-0.39, 0.29) is 18.5 Å². The van der Waals surface area contributed by atoms with Gasteiger partial charge in [0.05, 0.1) is 24.5 Å². The summed E-state index contributed by atoms with van der Waals surface area (Å²) in [6, 6.07) is 4.81. The van der Waals surface area contributed by atoms with Crippen LogP contribution in [0.3, 0.4) is 0 Å². The number of ether oxygens (including phenoxy) is 1. The second kappa shape index (κ2) is 8.11. The second-order valence-electron chi connectivity index (χ2n) is 5.87. The maximum Gasteiger partial charge on any atom is 0.147 e. The first-order chi connectivity index (χ1) is 10.0. The van der Waals surface area contributed by atoms with Crippen molar-refractivity contribution in [1.82, 2.24) is 0 Å². The SMILES string of the molecule is CC1CCC(OCC(O)CNc2ccc(Br)cc2F)CC1. The van der Waals surface area contributed by atoms with Crippen molar-refractivity contribution >= 4 is 21.6 Å². The molecule has 1 saturated carbocycles. The van der Waals surface area contributed by atoms with E-state index in [0.717, 1.165) is 18.8 Å². The Hall–Kier alpha value is -0.650. The lowest BCUT2D eigenvalue weighted by molar-refractivity contribution is -0.0245. The molecule has 2 rings (SSSR count). The van der Waals surface area contributed by atoms with Crippen molar-refractivity contribution in [3.05, 3.63) is 28.5 Å². The van der Waals surface area contributed by atoms with Crippen LogP contribution in [-0.2, 0) is 4.74 Å². The fourth-order valence-electron chi connectivity index (χ4n) is 2.56. The molecule has 0 radical (unpaired) electrons. The first kappa shape index (κ1) is 16.7. The van der Waals surface area contributed by atoms with Crippen molar-refractivity contribution in [3.63, 3.8) is 0 Å². The molecule has 0 amide bonds. The van der Waals surface area contributed by atoms with E-state index in [2.05, 4.69) is 28.2 Å². The first-order valence-electron chi connectivity index (χ1n) is 7.53. The molecule has 1 aliphatic rings. The fourth-order valence-corrected chi connectivity index (χ4v) is 2.90. The molecule has 3 nitrogen and oxygen atoms in total. The molecule has 0 saturated heterocycles. The van der Waals surface area contributed by atoms with E-state index < -0.39 is 6.10 Å². The molecular weight excluding hydrogens is 337 g/mol. The molecule has 0 heterocycles. The predicted octanol–water partition coefficient (Wildman–Crippen LogP) is 3.96. The van der Waals surface area contributed by atoms with Gasteiger partial charge in [0, 0.05) is 11.0 Å². The van der Waals surface area contributed by atoms with Gasteiger partial charge in [-0.3, -0.25) is 0 Å². The summed E-state index contributed by atoms with van der Waals surface area (Å²) < 4.78 is 20.0. The van der Waals surface area contributed by atoms with Gasteiger partial charge >= 0.3 is 0 Å². The molecule has 5 heteroatoms. The van der Waals surface area contributed by atoms with Crippen LogP contribution in [0.5, 0.6) is 0 Å². The standard InChI is InChI=1S/C16H23BrFNO2/c1-11-2-5-14(6-3-11)21-10-13(20)9-19-16-7-4-12(17)8-15(16)18/h4,7-8,11,13-14,19-20H,2-3,5-6,9-10H2,1H3. The van der Waals surface area contributed by atoms with E-state index in [1.165, 1.54) is 18.9 Å². The van der Waals surface area contributed by atoms with Crippen LogP contribution in [0.1, 0.15) is 32.6 Å². The monoisotopic (exact) mass is 359 g/mol. The van der Waals surface area contributed by atoms with Gasteiger partial charge in [0.25, 0.3) is 0 Å². The first-order valence-corrected chi connectivity index (χ1v) is 8.32. The van der Waals surface area contributed by atoms with Gasteiger partial charge in [-0.25, -0.2) is 4.39 Å². The molecule has 0 aromatic heterocycles. The van der Waals surface area contributed by atoms with E-state index in [0.29, 0.717) is 16.8 Å². The third-order valence-corrected chi connectivity index (χ3v) is 4.44. The highest BCUT2D eigenvalue weighted by Crippen LogP contribution is 2.25. The highest BCUT2D eigenvalue weighted by molar-refractivity contribution is 9.10. The molecule has 21 heavy (non-hydrogen) atoms. The van der Waals surface area contributed by atoms with Crippen molar-refractivity contribution in [1.29, 1.82) is 0 Å². The van der Waals surface area contributed by atoms with Crippen LogP contribution in [0.4, 0.5) is 10.1 Å². The van der Waals surface area contributed by atoms with Gasteiger partial charge in [-0.1, -0.05) is 22.9 Å². The van der Waals surface area contributed by atoms with Crippen LogP contribution in [0, 0.1) is 11.7 Å². The lowest BCUT2D eigenvalue weighted by Crippen LogP contribution is -2.29. The average molecular weight is 360 g/mol. The summed E-state index contributed by atoms with van der Waals surface area (Å²) >= 11 is 3.21. The van der Waals surface area contributed by atoms with Crippen LogP contribution >= 0.6 is 15.9 Å². The summed E-state index contributed by atoms with van der Waals surface area (Å²) in [5.41, 5.74) is 0.392. The summed E-state index contributed by atoms with van der Waals surface area (Å²) in [6.07, 6.45) is 4.17. The number of benzene rings is 1. The molecule has 0 aliphatic heterocycles. The number of hydrogen-bond acceptors (Lipinski definition) is 3. The van der Waals surface area contributed by atoms with Crippen LogP contribution in [0.25, 0.3) is 0 Å². The zero-order chi connectivity index (χ0) is 15.2. The molecule has 1 unspecified atom stereocenters. The second-order valence-corrected chi connectivity index (χ2v) is 6.79. The van der Waals surface area contributed by atoms with E-state index in [9.17, 15) is 9.50 Å². The molecule has 1 atom stereocenters.